The fourth-order valence-electron chi connectivity index (χ4n) is 2.60. The first-order valence-electron chi connectivity index (χ1n) is 5.38. The highest BCUT2D eigenvalue weighted by Gasteiger charge is 2.40. The standard InChI is InChI=1S/C10H12ClN3OS/c11-8-4-13-10(16-8)9(15)14-7-2-5-1-6(7)12-3-5/h4-7,12H,1-3H2,(H,14,15)/t5-,6+,7+/m1/s1. The number of carbonyl (C=O) groups excluding carboxylic acids is 1. The maximum Gasteiger partial charge on any atom is 0.280 e. The molecule has 1 aromatic heterocycles. The summed E-state index contributed by atoms with van der Waals surface area (Å²) in [5, 5.41) is 6.89. The number of amides is 1. The van der Waals surface area contributed by atoms with Gasteiger partial charge in [-0.2, -0.15) is 0 Å². The summed E-state index contributed by atoms with van der Waals surface area (Å²) < 4.78 is 0.552. The molecular formula is C10H12ClN3OS. The highest BCUT2D eigenvalue weighted by molar-refractivity contribution is 7.17. The lowest BCUT2D eigenvalue weighted by Crippen LogP contribution is -2.47. The molecule has 1 saturated carbocycles. The molecule has 2 bridgehead atoms. The molecule has 3 atom stereocenters. The Kier molecular flexibility index (Phi) is 2.61. The number of fused-ring (bicyclic) bond motifs is 2. The average molecular weight is 258 g/mol. The second-order valence-corrected chi connectivity index (χ2v) is 6.06. The molecule has 0 aromatic carbocycles. The van der Waals surface area contributed by atoms with Crippen molar-refractivity contribution in [2.45, 2.75) is 24.9 Å². The van der Waals surface area contributed by atoms with Crippen LogP contribution in [0.1, 0.15) is 22.6 Å². The summed E-state index contributed by atoms with van der Waals surface area (Å²) in [6.45, 7) is 1.10. The minimum absolute atomic E-state index is 0.101. The third kappa shape index (κ3) is 1.83. The summed E-state index contributed by atoms with van der Waals surface area (Å²) in [5.41, 5.74) is 0. The summed E-state index contributed by atoms with van der Waals surface area (Å²) in [5.74, 6) is 0.631. The molecule has 3 rings (SSSR count). The van der Waals surface area contributed by atoms with Gasteiger partial charge in [-0.05, 0) is 25.3 Å². The highest BCUT2D eigenvalue weighted by Crippen LogP contribution is 2.31. The Morgan fingerprint density at radius 1 is 1.62 bits per heavy atom. The van der Waals surface area contributed by atoms with Crippen LogP contribution in [-0.4, -0.2) is 29.5 Å². The van der Waals surface area contributed by atoms with E-state index in [4.69, 9.17) is 11.6 Å². The molecule has 86 valence electrons. The summed E-state index contributed by atoms with van der Waals surface area (Å²) in [6, 6.07) is 0.707. The van der Waals surface area contributed by atoms with Crippen molar-refractivity contribution < 1.29 is 4.79 Å². The number of hydrogen-bond donors (Lipinski definition) is 2. The molecule has 1 aliphatic carbocycles. The van der Waals surface area contributed by atoms with Crippen molar-refractivity contribution in [1.29, 1.82) is 0 Å². The van der Waals surface area contributed by atoms with Crippen LogP contribution in [-0.2, 0) is 0 Å². The quantitative estimate of drug-likeness (QED) is 0.839. The van der Waals surface area contributed by atoms with Crippen LogP contribution >= 0.6 is 22.9 Å². The van der Waals surface area contributed by atoms with Crippen LogP contribution in [0.5, 0.6) is 0 Å². The van der Waals surface area contributed by atoms with Gasteiger partial charge >= 0.3 is 0 Å². The molecule has 4 nitrogen and oxygen atoms in total. The first-order chi connectivity index (χ1) is 7.72. The topological polar surface area (TPSA) is 54.0 Å². The zero-order valence-corrected chi connectivity index (χ0v) is 10.1. The van der Waals surface area contributed by atoms with Gasteiger partial charge in [0.2, 0.25) is 0 Å². The van der Waals surface area contributed by atoms with E-state index in [1.54, 1.807) is 0 Å². The van der Waals surface area contributed by atoms with Gasteiger partial charge in [0, 0.05) is 12.1 Å². The predicted molar refractivity (Wildman–Crippen MR) is 62.9 cm³/mol. The Morgan fingerprint density at radius 3 is 3.06 bits per heavy atom. The number of aromatic nitrogens is 1. The predicted octanol–water partition coefficient (Wildman–Crippen LogP) is 1.28. The van der Waals surface area contributed by atoms with Crippen LogP contribution in [0.3, 0.4) is 0 Å². The minimum Gasteiger partial charge on any atom is -0.346 e. The van der Waals surface area contributed by atoms with E-state index < -0.39 is 0 Å². The SMILES string of the molecule is O=C(N[C@H]1C[C@@H]2CN[C@H]1C2)c1ncc(Cl)s1. The van der Waals surface area contributed by atoms with E-state index in [2.05, 4.69) is 15.6 Å². The molecule has 1 aromatic rings. The van der Waals surface area contributed by atoms with Gasteiger partial charge in [0.1, 0.15) is 4.34 Å². The maximum absolute atomic E-state index is 11.8. The van der Waals surface area contributed by atoms with E-state index in [9.17, 15) is 4.79 Å². The molecule has 2 N–H and O–H groups in total. The van der Waals surface area contributed by atoms with Crippen molar-refractivity contribution in [2.75, 3.05) is 6.54 Å². The fraction of sp³-hybridized carbons (Fsp3) is 0.600. The molecule has 2 heterocycles. The molecule has 0 radical (unpaired) electrons. The molecule has 0 unspecified atom stereocenters. The number of rotatable bonds is 2. The first kappa shape index (κ1) is 10.5. The van der Waals surface area contributed by atoms with Gasteiger partial charge < -0.3 is 10.6 Å². The third-order valence-corrected chi connectivity index (χ3v) is 4.43. The minimum atomic E-state index is -0.101. The van der Waals surface area contributed by atoms with E-state index in [0.29, 0.717) is 15.4 Å². The average Bonchev–Trinajstić information content (AvgIpc) is 2.92. The normalized spacial score (nSPS) is 31.9. The molecule has 0 spiro atoms. The van der Waals surface area contributed by atoms with Crippen molar-refractivity contribution in [1.82, 2.24) is 15.6 Å². The second kappa shape index (κ2) is 3.98. The number of nitrogens with one attached hydrogen (secondary N) is 2. The van der Waals surface area contributed by atoms with Gasteiger partial charge in [-0.3, -0.25) is 4.79 Å². The van der Waals surface area contributed by atoms with E-state index in [0.717, 1.165) is 18.9 Å². The van der Waals surface area contributed by atoms with Gasteiger partial charge in [0.05, 0.1) is 6.20 Å². The van der Waals surface area contributed by atoms with Crippen LogP contribution in [0.25, 0.3) is 0 Å². The maximum atomic E-state index is 11.8. The van der Waals surface area contributed by atoms with Crippen LogP contribution in [0.2, 0.25) is 4.34 Å². The van der Waals surface area contributed by atoms with E-state index in [1.165, 1.54) is 24.0 Å². The van der Waals surface area contributed by atoms with Crippen LogP contribution in [0, 0.1) is 5.92 Å². The molecule has 1 aliphatic heterocycles. The van der Waals surface area contributed by atoms with Gasteiger partial charge in [0.25, 0.3) is 5.91 Å². The molecule has 2 aliphatic rings. The number of hydrogen-bond acceptors (Lipinski definition) is 4. The molecule has 6 heteroatoms. The van der Waals surface area contributed by atoms with Crippen molar-refractivity contribution in [3.05, 3.63) is 15.5 Å². The van der Waals surface area contributed by atoms with Gasteiger partial charge in [-0.25, -0.2) is 4.98 Å². The number of thiazole rings is 1. The van der Waals surface area contributed by atoms with Gasteiger partial charge in [0.15, 0.2) is 5.01 Å². The number of carbonyl (C=O) groups is 1. The Balaban J connectivity index is 1.65. The zero-order valence-electron chi connectivity index (χ0n) is 8.57. The number of halogens is 1. The lowest BCUT2D eigenvalue weighted by Gasteiger charge is -2.23. The van der Waals surface area contributed by atoms with E-state index in [-0.39, 0.29) is 11.9 Å². The van der Waals surface area contributed by atoms with Crippen molar-refractivity contribution >= 4 is 28.8 Å². The monoisotopic (exact) mass is 257 g/mol. The second-order valence-electron chi connectivity index (χ2n) is 4.40. The largest absolute Gasteiger partial charge is 0.346 e. The summed E-state index contributed by atoms with van der Waals surface area (Å²) >= 11 is 6.97. The Hall–Kier alpha value is -0.650. The van der Waals surface area contributed by atoms with Crippen molar-refractivity contribution in [2.24, 2.45) is 5.92 Å². The zero-order chi connectivity index (χ0) is 11.1. The lowest BCUT2D eigenvalue weighted by molar-refractivity contribution is 0.0928. The van der Waals surface area contributed by atoms with E-state index in [1.807, 2.05) is 0 Å². The van der Waals surface area contributed by atoms with Crippen molar-refractivity contribution in [3.63, 3.8) is 0 Å². The first-order valence-corrected chi connectivity index (χ1v) is 6.57. The van der Waals surface area contributed by atoms with E-state index >= 15 is 0 Å². The van der Waals surface area contributed by atoms with Gasteiger partial charge in [-0.15, -0.1) is 0 Å². The summed E-state index contributed by atoms with van der Waals surface area (Å²) in [4.78, 5) is 15.8. The summed E-state index contributed by atoms with van der Waals surface area (Å²) in [6.07, 6.45) is 3.78. The molecule has 1 amide bonds. The Bertz CT molecular complexity index is 422. The Morgan fingerprint density at radius 2 is 2.50 bits per heavy atom. The third-order valence-electron chi connectivity index (χ3n) is 3.32. The van der Waals surface area contributed by atoms with Crippen LogP contribution in [0.15, 0.2) is 6.20 Å². The molecular weight excluding hydrogens is 246 g/mol. The smallest absolute Gasteiger partial charge is 0.280 e. The Labute approximate surface area is 102 Å². The highest BCUT2D eigenvalue weighted by atomic mass is 35.5. The fourth-order valence-corrected chi connectivity index (χ4v) is 3.42. The lowest BCUT2D eigenvalue weighted by atomic mass is 10.1. The van der Waals surface area contributed by atoms with Crippen LogP contribution < -0.4 is 10.6 Å². The van der Waals surface area contributed by atoms with Crippen LogP contribution in [0.4, 0.5) is 0 Å². The molecule has 16 heavy (non-hydrogen) atoms. The molecule has 1 saturated heterocycles. The number of piperidine rings is 1. The summed E-state index contributed by atoms with van der Waals surface area (Å²) in [7, 11) is 0. The van der Waals surface area contributed by atoms with Crippen molar-refractivity contribution in [3.8, 4) is 0 Å². The van der Waals surface area contributed by atoms with Gasteiger partial charge in [-0.1, -0.05) is 22.9 Å². The molecule has 2 fully saturated rings. The number of nitrogens with zero attached hydrogens (tertiary/aromatic N) is 1.